The summed E-state index contributed by atoms with van der Waals surface area (Å²) >= 11 is 0. The third-order valence-corrected chi connectivity index (χ3v) is 2.73. The molecule has 0 saturated heterocycles. The Balaban J connectivity index is 3.54. The van der Waals surface area contributed by atoms with Gasteiger partial charge in [-0.1, -0.05) is 40.5 Å². The lowest BCUT2D eigenvalue weighted by Crippen LogP contribution is -2.28. The van der Waals surface area contributed by atoms with E-state index in [1.807, 2.05) is 0 Å². The summed E-state index contributed by atoms with van der Waals surface area (Å²) in [5, 5.41) is 0. The van der Waals surface area contributed by atoms with Crippen LogP contribution in [0.2, 0.25) is 0 Å². The van der Waals surface area contributed by atoms with Crippen molar-refractivity contribution in [3.05, 3.63) is 0 Å². The molecule has 0 heterocycles. The van der Waals surface area contributed by atoms with E-state index >= 15 is 0 Å². The zero-order valence-corrected chi connectivity index (χ0v) is 10.1. The fourth-order valence-electron chi connectivity index (χ4n) is 1.85. The van der Waals surface area contributed by atoms with Crippen LogP contribution in [0.5, 0.6) is 0 Å². The summed E-state index contributed by atoms with van der Waals surface area (Å²) in [4.78, 5) is 2.48. The van der Waals surface area contributed by atoms with Crippen molar-refractivity contribution < 1.29 is 0 Å². The Morgan fingerprint density at radius 3 is 2.00 bits per heavy atom. The minimum atomic E-state index is 0.846. The van der Waals surface area contributed by atoms with Crippen molar-refractivity contribution in [2.24, 2.45) is 11.8 Å². The molecular formula is C12H27N. The van der Waals surface area contributed by atoms with Gasteiger partial charge in [-0.2, -0.15) is 0 Å². The smallest absolute Gasteiger partial charge is 0.000408 e. The highest BCUT2D eigenvalue weighted by atomic mass is 15.1. The Kier molecular flexibility index (Phi) is 7.35. The topological polar surface area (TPSA) is 3.24 Å². The molecule has 0 aliphatic rings. The average Bonchev–Trinajstić information content (AvgIpc) is 2.04. The Hall–Kier alpha value is -0.0400. The molecule has 0 fully saturated rings. The zero-order valence-electron chi connectivity index (χ0n) is 10.1. The maximum atomic E-state index is 2.48. The normalized spacial score (nSPS) is 16.2. The summed E-state index contributed by atoms with van der Waals surface area (Å²) in [6.45, 7) is 11.7. The fraction of sp³-hybridized carbons (Fsp3) is 1.00. The van der Waals surface area contributed by atoms with Crippen LogP contribution >= 0.6 is 0 Å². The first-order valence-electron chi connectivity index (χ1n) is 5.78. The molecule has 0 N–H and O–H groups in total. The maximum absolute atomic E-state index is 2.48. The van der Waals surface area contributed by atoms with Gasteiger partial charge < -0.3 is 4.90 Å². The van der Waals surface area contributed by atoms with E-state index in [4.69, 9.17) is 0 Å². The Labute approximate surface area is 84.5 Å². The second-order valence-electron chi connectivity index (χ2n) is 4.63. The van der Waals surface area contributed by atoms with Gasteiger partial charge in [0.2, 0.25) is 0 Å². The minimum absolute atomic E-state index is 0.846. The number of hydrogen-bond donors (Lipinski definition) is 0. The van der Waals surface area contributed by atoms with Crippen molar-refractivity contribution in [1.82, 2.24) is 4.90 Å². The van der Waals surface area contributed by atoms with E-state index in [0.29, 0.717) is 0 Å². The molecule has 0 amide bonds. The second-order valence-corrected chi connectivity index (χ2v) is 4.63. The van der Waals surface area contributed by atoms with Gasteiger partial charge in [-0.25, -0.2) is 0 Å². The monoisotopic (exact) mass is 185 g/mol. The SMILES string of the molecule is CCCC(C)CN(C)CC(C)CC. The quantitative estimate of drug-likeness (QED) is 0.587. The molecule has 13 heavy (non-hydrogen) atoms. The average molecular weight is 185 g/mol. The van der Waals surface area contributed by atoms with Crippen molar-refractivity contribution in [3.63, 3.8) is 0 Å². The highest BCUT2D eigenvalue weighted by molar-refractivity contribution is 4.61. The van der Waals surface area contributed by atoms with Crippen LogP contribution in [0, 0.1) is 11.8 Å². The van der Waals surface area contributed by atoms with Gasteiger partial charge in [0, 0.05) is 13.1 Å². The Bertz CT molecular complexity index is 112. The van der Waals surface area contributed by atoms with Gasteiger partial charge >= 0.3 is 0 Å². The van der Waals surface area contributed by atoms with Gasteiger partial charge in [0.05, 0.1) is 0 Å². The predicted octanol–water partition coefficient (Wildman–Crippen LogP) is 3.40. The molecule has 2 atom stereocenters. The lowest BCUT2D eigenvalue weighted by Gasteiger charge is -2.23. The van der Waals surface area contributed by atoms with Crippen LogP contribution in [0.4, 0.5) is 0 Å². The molecular weight excluding hydrogens is 158 g/mol. The van der Waals surface area contributed by atoms with Crippen molar-refractivity contribution in [3.8, 4) is 0 Å². The molecule has 80 valence electrons. The van der Waals surface area contributed by atoms with E-state index in [2.05, 4.69) is 39.6 Å². The van der Waals surface area contributed by atoms with Crippen LogP contribution in [0.15, 0.2) is 0 Å². The zero-order chi connectivity index (χ0) is 10.3. The van der Waals surface area contributed by atoms with E-state index in [-0.39, 0.29) is 0 Å². The Morgan fingerprint density at radius 2 is 1.54 bits per heavy atom. The van der Waals surface area contributed by atoms with Gasteiger partial charge in [0.1, 0.15) is 0 Å². The summed E-state index contributed by atoms with van der Waals surface area (Å²) in [5.41, 5.74) is 0. The summed E-state index contributed by atoms with van der Waals surface area (Å²) < 4.78 is 0. The number of nitrogens with zero attached hydrogens (tertiary/aromatic N) is 1. The molecule has 0 aliphatic carbocycles. The molecule has 2 unspecified atom stereocenters. The summed E-state index contributed by atoms with van der Waals surface area (Å²) in [5.74, 6) is 1.71. The first-order valence-corrected chi connectivity index (χ1v) is 5.78. The first kappa shape index (κ1) is 13.0. The van der Waals surface area contributed by atoms with Crippen molar-refractivity contribution in [2.45, 2.75) is 47.0 Å². The second kappa shape index (κ2) is 7.37. The van der Waals surface area contributed by atoms with Gasteiger partial charge in [-0.3, -0.25) is 0 Å². The molecule has 0 aliphatic heterocycles. The van der Waals surface area contributed by atoms with E-state index in [9.17, 15) is 0 Å². The van der Waals surface area contributed by atoms with Crippen LogP contribution < -0.4 is 0 Å². The summed E-state index contributed by atoms with van der Waals surface area (Å²) in [7, 11) is 2.25. The molecule has 1 heteroatoms. The fourth-order valence-corrected chi connectivity index (χ4v) is 1.85. The molecule has 0 aromatic heterocycles. The molecule has 1 nitrogen and oxygen atoms in total. The van der Waals surface area contributed by atoms with Gasteiger partial charge in [0.25, 0.3) is 0 Å². The first-order chi connectivity index (χ1) is 6.10. The third kappa shape index (κ3) is 7.06. The molecule has 0 spiro atoms. The van der Waals surface area contributed by atoms with E-state index in [1.165, 1.54) is 32.4 Å². The van der Waals surface area contributed by atoms with Crippen molar-refractivity contribution >= 4 is 0 Å². The standard InChI is InChI=1S/C12H27N/c1-6-8-12(4)10-13(5)9-11(3)7-2/h11-12H,6-10H2,1-5H3. The van der Waals surface area contributed by atoms with Gasteiger partial charge in [-0.05, 0) is 25.3 Å². The van der Waals surface area contributed by atoms with Crippen LogP contribution in [-0.4, -0.2) is 25.0 Å². The minimum Gasteiger partial charge on any atom is -0.306 e. The lowest BCUT2D eigenvalue weighted by molar-refractivity contribution is 0.242. The van der Waals surface area contributed by atoms with Gasteiger partial charge in [-0.15, -0.1) is 0 Å². The molecule has 0 saturated carbocycles. The number of rotatable bonds is 7. The summed E-state index contributed by atoms with van der Waals surface area (Å²) in [6, 6.07) is 0. The van der Waals surface area contributed by atoms with E-state index in [1.54, 1.807) is 0 Å². The molecule has 0 aromatic carbocycles. The molecule has 0 radical (unpaired) electrons. The van der Waals surface area contributed by atoms with Crippen LogP contribution in [0.1, 0.15) is 47.0 Å². The maximum Gasteiger partial charge on any atom is 0.000408 e. The van der Waals surface area contributed by atoms with Crippen LogP contribution in [-0.2, 0) is 0 Å². The van der Waals surface area contributed by atoms with E-state index < -0.39 is 0 Å². The highest BCUT2D eigenvalue weighted by Gasteiger charge is 2.07. The van der Waals surface area contributed by atoms with Crippen LogP contribution in [0.3, 0.4) is 0 Å². The van der Waals surface area contributed by atoms with E-state index in [0.717, 1.165) is 11.8 Å². The summed E-state index contributed by atoms with van der Waals surface area (Å²) in [6.07, 6.45) is 3.98. The van der Waals surface area contributed by atoms with Crippen molar-refractivity contribution in [1.29, 1.82) is 0 Å². The van der Waals surface area contributed by atoms with Crippen molar-refractivity contribution in [2.75, 3.05) is 20.1 Å². The predicted molar refractivity (Wildman–Crippen MR) is 61.0 cm³/mol. The number of hydrogen-bond acceptors (Lipinski definition) is 1. The third-order valence-electron chi connectivity index (χ3n) is 2.73. The largest absolute Gasteiger partial charge is 0.306 e. The molecule has 0 aromatic rings. The van der Waals surface area contributed by atoms with Crippen LogP contribution in [0.25, 0.3) is 0 Å². The molecule has 0 bridgehead atoms. The molecule has 0 rings (SSSR count). The van der Waals surface area contributed by atoms with Gasteiger partial charge in [0.15, 0.2) is 0 Å². The Morgan fingerprint density at radius 1 is 1.00 bits per heavy atom. The lowest BCUT2D eigenvalue weighted by atomic mass is 10.0. The highest BCUT2D eigenvalue weighted by Crippen LogP contribution is 2.09.